The van der Waals surface area contributed by atoms with Crippen LogP contribution in [0.25, 0.3) is 4.85 Å². The van der Waals surface area contributed by atoms with Gasteiger partial charge in [0.15, 0.2) is 5.70 Å². The van der Waals surface area contributed by atoms with Crippen molar-refractivity contribution >= 4 is 11.6 Å². The first-order valence-electron chi connectivity index (χ1n) is 9.93. The van der Waals surface area contributed by atoms with Gasteiger partial charge in [0.25, 0.3) is 0 Å². The average Bonchev–Trinajstić information content (AvgIpc) is 2.91. The fourth-order valence-electron chi connectivity index (χ4n) is 7.34. The minimum Gasteiger partial charge on any atom is -0.300 e. The zero-order valence-electron chi connectivity index (χ0n) is 15.7. The van der Waals surface area contributed by atoms with Crippen LogP contribution in [0.15, 0.2) is 11.3 Å². The van der Waals surface area contributed by atoms with Crippen LogP contribution in [0.1, 0.15) is 72.1 Å². The molecule has 6 atom stereocenters. The van der Waals surface area contributed by atoms with Gasteiger partial charge in [0.2, 0.25) is 0 Å². The molecule has 4 aliphatic rings. The molecule has 4 aliphatic carbocycles. The molecule has 0 spiro atoms. The van der Waals surface area contributed by atoms with E-state index in [0.29, 0.717) is 48.6 Å². The SMILES string of the molecule is [C-]#[N+]/C(C)=C1/CC[C@H]2[C@@H]3CC[C@@H]4CC(=O)CC[C@]4(C)[C@H]3C(=O)C[C@]12C. The summed E-state index contributed by atoms with van der Waals surface area (Å²) in [6.07, 6.45) is 7.17. The van der Waals surface area contributed by atoms with Gasteiger partial charge in [-0.1, -0.05) is 19.4 Å². The van der Waals surface area contributed by atoms with Crippen LogP contribution >= 0.6 is 0 Å². The molecule has 0 aromatic heterocycles. The maximum Gasteiger partial charge on any atom is 0.162 e. The molecule has 4 fully saturated rings. The van der Waals surface area contributed by atoms with Gasteiger partial charge in [0, 0.05) is 25.2 Å². The Morgan fingerprint density at radius 2 is 1.92 bits per heavy atom. The van der Waals surface area contributed by atoms with Crippen molar-refractivity contribution in [3.8, 4) is 0 Å². The summed E-state index contributed by atoms with van der Waals surface area (Å²) in [7, 11) is 0. The number of ketones is 2. The van der Waals surface area contributed by atoms with Crippen LogP contribution in [-0.4, -0.2) is 11.6 Å². The molecule has 0 N–H and O–H groups in total. The van der Waals surface area contributed by atoms with Crippen molar-refractivity contribution in [2.75, 3.05) is 0 Å². The summed E-state index contributed by atoms with van der Waals surface area (Å²) in [4.78, 5) is 29.1. The number of carbonyl (C=O) groups is 2. The summed E-state index contributed by atoms with van der Waals surface area (Å²) in [5.74, 6) is 2.36. The molecule has 4 rings (SSSR count). The monoisotopic (exact) mass is 339 g/mol. The normalized spacial score (nSPS) is 48.2. The number of nitrogens with zero attached hydrogens (tertiary/aromatic N) is 1. The molecular weight excluding hydrogens is 310 g/mol. The second kappa shape index (κ2) is 5.53. The summed E-state index contributed by atoms with van der Waals surface area (Å²) >= 11 is 0. The van der Waals surface area contributed by atoms with Crippen LogP contribution < -0.4 is 0 Å². The Bertz CT molecular complexity index is 714. The van der Waals surface area contributed by atoms with Crippen molar-refractivity contribution in [1.82, 2.24) is 0 Å². The van der Waals surface area contributed by atoms with E-state index < -0.39 is 0 Å². The quantitative estimate of drug-likeness (QED) is 0.584. The van der Waals surface area contributed by atoms with Gasteiger partial charge in [-0.2, -0.15) is 0 Å². The summed E-state index contributed by atoms with van der Waals surface area (Å²) < 4.78 is 0. The lowest BCUT2D eigenvalue weighted by Gasteiger charge is -2.58. The van der Waals surface area contributed by atoms with Gasteiger partial charge in [-0.3, -0.25) is 9.59 Å². The Morgan fingerprint density at radius 3 is 2.64 bits per heavy atom. The third-order valence-electron chi connectivity index (χ3n) is 8.56. The lowest BCUT2D eigenvalue weighted by atomic mass is 9.44. The largest absolute Gasteiger partial charge is 0.300 e. The zero-order valence-corrected chi connectivity index (χ0v) is 15.7. The molecule has 3 nitrogen and oxygen atoms in total. The highest BCUT2D eigenvalue weighted by atomic mass is 16.1. The van der Waals surface area contributed by atoms with Gasteiger partial charge < -0.3 is 0 Å². The Balaban J connectivity index is 1.73. The third-order valence-corrected chi connectivity index (χ3v) is 8.56. The first-order chi connectivity index (χ1) is 11.8. The standard InChI is InChI=1S/C22H29NO2/c1-13(23-4)17-7-8-18-16-6-5-14-11-15(24)9-10-21(14,2)20(16)19(25)12-22(17,18)3/h14,16,18,20H,5-12H2,1-3H3/b17-13-/t14-,16+,18+,20-,21+,22-/m1/s1. The fraction of sp³-hybridized carbons (Fsp3) is 0.773. The number of carbonyl (C=O) groups excluding carboxylic acids is 2. The molecule has 134 valence electrons. The zero-order chi connectivity index (χ0) is 18.0. The van der Waals surface area contributed by atoms with Crippen molar-refractivity contribution < 1.29 is 9.59 Å². The molecule has 0 unspecified atom stereocenters. The number of hydrogen-bond acceptors (Lipinski definition) is 2. The second-order valence-electron chi connectivity index (χ2n) is 9.55. The predicted octanol–water partition coefficient (Wildman–Crippen LogP) is 4.97. The fourth-order valence-corrected chi connectivity index (χ4v) is 7.34. The van der Waals surface area contributed by atoms with E-state index in [9.17, 15) is 9.59 Å². The Hall–Kier alpha value is -1.43. The first kappa shape index (κ1) is 17.0. The van der Waals surface area contributed by atoms with E-state index in [2.05, 4.69) is 18.7 Å². The lowest BCUT2D eigenvalue weighted by molar-refractivity contribution is -0.156. The average molecular weight is 339 g/mol. The van der Waals surface area contributed by atoms with Crippen LogP contribution in [0.5, 0.6) is 0 Å². The van der Waals surface area contributed by atoms with Crippen LogP contribution in [0, 0.1) is 41.1 Å². The van der Waals surface area contributed by atoms with Gasteiger partial charge in [-0.25, -0.2) is 4.85 Å². The molecule has 0 aromatic rings. The van der Waals surface area contributed by atoms with Crippen LogP contribution in [0.4, 0.5) is 0 Å². The van der Waals surface area contributed by atoms with E-state index in [0.717, 1.165) is 37.8 Å². The van der Waals surface area contributed by atoms with Crippen molar-refractivity contribution in [2.24, 2.45) is 34.5 Å². The molecule has 0 radical (unpaired) electrons. The maximum atomic E-state index is 13.4. The van der Waals surface area contributed by atoms with Gasteiger partial charge in [0.1, 0.15) is 11.6 Å². The molecule has 0 heterocycles. The lowest BCUT2D eigenvalue weighted by Crippen LogP contribution is -2.56. The van der Waals surface area contributed by atoms with Crippen molar-refractivity contribution in [1.29, 1.82) is 0 Å². The van der Waals surface area contributed by atoms with Crippen molar-refractivity contribution in [3.05, 3.63) is 22.7 Å². The van der Waals surface area contributed by atoms with Crippen LogP contribution in [-0.2, 0) is 9.59 Å². The van der Waals surface area contributed by atoms with Crippen molar-refractivity contribution in [3.63, 3.8) is 0 Å². The topological polar surface area (TPSA) is 38.5 Å². The van der Waals surface area contributed by atoms with E-state index in [1.807, 2.05) is 6.92 Å². The van der Waals surface area contributed by atoms with E-state index in [-0.39, 0.29) is 16.7 Å². The number of fused-ring (bicyclic) bond motifs is 5. The Labute approximate surface area is 151 Å². The molecule has 3 heteroatoms. The minimum absolute atomic E-state index is 0.0244. The van der Waals surface area contributed by atoms with E-state index in [1.165, 1.54) is 5.57 Å². The molecule has 0 aromatic carbocycles. The smallest absolute Gasteiger partial charge is 0.162 e. The summed E-state index contributed by atoms with van der Waals surface area (Å²) in [5.41, 5.74) is 2.00. The third kappa shape index (κ3) is 2.22. The van der Waals surface area contributed by atoms with E-state index >= 15 is 0 Å². The predicted molar refractivity (Wildman–Crippen MR) is 96.4 cm³/mol. The van der Waals surface area contributed by atoms with Crippen LogP contribution in [0.3, 0.4) is 0 Å². The molecule has 25 heavy (non-hydrogen) atoms. The number of rotatable bonds is 0. The molecule has 0 bridgehead atoms. The molecular formula is C22H29NO2. The summed E-state index contributed by atoms with van der Waals surface area (Å²) in [6, 6.07) is 0. The Kier molecular flexibility index (Phi) is 3.76. The molecule has 0 aliphatic heterocycles. The van der Waals surface area contributed by atoms with Gasteiger partial charge in [-0.05, 0) is 67.6 Å². The second-order valence-corrected chi connectivity index (χ2v) is 9.55. The molecule has 0 amide bonds. The highest BCUT2D eigenvalue weighted by molar-refractivity contribution is 5.86. The van der Waals surface area contributed by atoms with E-state index in [1.54, 1.807) is 0 Å². The van der Waals surface area contributed by atoms with Crippen LogP contribution in [0.2, 0.25) is 0 Å². The van der Waals surface area contributed by atoms with Gasteiger partial charge in [0.05, 0.1) is 6.57 Å². The van der Waals surface area contributed by atoms with Gasteiger partial charge >= 0.3 is 0 Å². The number of allylic oxidation sites excluding steroid dienone is 2. The minimum atomic E-state index is -0.0967. The first-order valence-corrected chi connectivity index (χ1v) is 9.93. The van der Waals surface area contributed by atoms with E-state index in [4.69, 9.17) is 6.57 Å². The van der Waals surface area contributed by atoms with Crippen molar-refractivity contribution in [2.45, 2.75) is 72.1 Å². The maximum absolute atomic E-state index is 13.4. The Morgan fingerprint density at radius 1 is 1.16 bits per heavy atom. The molecule has 0 saturated heterocycles. The number of Topliss-reactive ketones (excluding diaryl/α,β-unsaturated/α-hetero) is 2. The highest BCUT2D eigenvalue weighted by Gasteiger charge is 2.62. The summed E-state index contributed by atoms with van der Waals surface area (Å²) in [6.45, 7) is 13.9. The molecule has 4 saturated carbocycles. The summed E-state index contributed by atoms with van der Waals surface area (Å²) in [5, 5.41) is 0. The number of hydrogen-bond donors (Lipinski definition) is 0. The van der Waals surface area contributed by atoms with Gasteiger partial charge in [-0.15, -0.1) is 0 Å². The highest BCUT2D eigenvalue weighted by Crippen LogP contribution is 2.66.